The van der Waals surface area contributed by atoms with E-state index in [0.717, 1.165) is 0 Å². The molecule has 3 nitrogen and oxygen atoms in total. The van der Waals surface area contributed by atoms with E-state index in [1.54, 1.807) is 0 Å². The third-order valence-electron chi connectivity index (χ3n) is 2.58. The standard InChI is InChI=1S/C11H7F4NO2/c12-7(8(13)14)9(15)16-10(17)5-3-1-2-4-6(5)11(16)18/h1-4,7-9H. The molecule has 0 spiro atoms. The smallest absolute Gasteiger partial charge is 0.268 e. The van der Waals surface area contributed by atoms with Crippen molar-refractivity contribution in [2.24, 2.45) is 0 Å². The van der Waals surface area contributed by atoms with Gasteiger partial charge in [-0.25, -0.2) is 22.5 Å². The van der Waals surface area contributed by atoms with Crippen LogP contribution in [0.5, 0.6) is 0 Å². The monoisotopic (exact) mass is 261 g/mol. The van der Waals surface area contributed by atoms with Gasteiger partial charge in [0.25, 0.3) is 18.2 Å². The second-order valence-electron chi connectivity index (χ2n) is 3.68. The second-order valence-corrected chi connectivity index (χ2v) is 3.68. The van der Waals surface area contributed by atoms with E-state index in [-0.39, 0.29) is 16.0 Å². The Hall–Kier alpha value is -1.92. The van der Waals surface area contributed by atoms with Crippen LogP contribution in [-0.4, -0.2) is 35.6 Å². The summed E-state index contributed by atoms with van der Waals surface area (Å²) in [4.78, 5) is 23.1. The Labute approximate surface area is 99.0 Å². The van der Waals surface area contributed by atoms with Crippen molar-refractivity contribution in [3.63, 3.8) is 0 Å². The van der Waals surface area contributed by atoms with E-state index in [0.29, 0.717) is 0 Å². The number of rotatable bonds is 3. The number of benzene rings is 1. The molecule has 96 valence electrons. The lowest BCUT2D eigenvalue weighted by Gasteiger charge is -2.21. The number of amides is 2. The number of imide groups is 1. The lowest BCUT2D eigenvalue weighted by molar-refractivity contribution is -0.0406. The molecule has 2 unspecified atom stereocenters. The van der Waals surface area contributed by atoms with Gasteiger partial charge in [-0.2, -0.15) is 0 Å². The average molecular weight is 261 g/mol. The molecule has 0 N–H and O–H groups in total. The molecule has 0 fully saturated rings. The van der Waals surface area contributed by atoms with Gasteiger partial charge in [-0.1, -0.05) is 12.1 Å². The van der Waals surface area contributed by atoms with Gasteiger partial charge in [0.15, 0.2) is 0 Å². The maximum atomic E-state index is 13.4. The molecule has 7 heteroatoms. The first kappa shape index (κ1) is 12.5. The third-order valence-corrected chi connectivity index (χ3v) is 2.58. The number of hydrogen-bond donors (Lipinski definition) is 0. The van der Waals surface area contributed by atoms with Crippen LogP contribution in [0.1, 0.15) is 20.7 Å². The number of hydrogen-bond acceptors (Lipinski definition) is 2. The molecule has 0 radical (unpaired) electrons. The molecule has 2 rings (SSSR count). The molecule has 0 saturated carbocycles. The van der Waals surface area contributed by atoms with Crippen LogP contribution in [0.2, 0.25) is 0 Å². The normalized spacial score (nSPS) is 18.2. The summed E-state index contributed by atoms with van der Waals surface area (Å²) in [6.07, 6.45) is -9.81. The lowest BCUT2D eigenvalue weighted by atomic mass is 10.1. The van der Waals surface area contributed by atoms with Crippen LogP contribution in [0.25, 0.3) is 0 Å². The van der Waals surface area contributed by atoms with E-state index in [9.17, 15) is 27.2 Å². The number of carbonyl (C=O) groups excluding carboxylic acids is 2. The number of halogens is 4. The van der Waals surface area contributed by atoms with Gasteiger partial charge in [0.2, 0.25) is 12.5 Å². The zero-order valence-corrected chi connectivity index (χ0v) is 8.82. The van der Waals surface area contributed by atoms with Gasteiger partial charge < -0.3 is 0 Å². The van der Waals surface area contributed by atoms with Gasteiger partial charge >= 0.3 is 0 Å². The highest BCUT2D eigenvalue weighted by molar-refractivity contribution is 6.21. The van der Waals surface area contributed by atoms with Crippen LogP contribution >= 0.6 is 0 Å². The van der Waals surface area contributed by atoms with Gasteiger partial charge in [-0.3, -0.25) is 9.59 Å². The Morgan fingerprint density at radius 1 is 0.889 bits per heavy atom. The zero-order chi connectivity index (χ0) is 13.4. The van der Waals surface area contributed by atoms with Crippen LogP contribution in [0.15, 0.2) is 24.3 Å². The molecule has 0 bridgehead atoms. The molecule has 0 aliphatic carbocycles. The Bertz CT molecular complexity index is 471. The van der Waals surface area contributed by atoms with Crippen LogP contribution in [0, 0.1) is 0 Å². The molecule has 0 aromatic heterocycles. The minimum atomic E-state index is -3.61. The number of carbonyl (C=O) groups is 2. The summed E-state index contributed by atoms with van der Waals surface area (Å²) in [7, 11) is 0. The van der Waals surface area contributed by atoms with Crippen LogP contribution in [0.4, 0.5) is 17.6 Å². The first-order chi connectivity index (χ1) is 8.45. The molecular weight excluding hydrogens is 254 g/mol. The van der Waals surface area contributed by atoms with E-state index in [1.807, 2.05) is 0 Å². The largest absolute Gasteiger partial charge is 0.274 e. The molecule has 1 aliphatic rings. The van der Waals surface area contributed by atoms with Crippen molar-refractivity contribution in [3.8, 4) is 0 Å². The number of alkyl halides is 4. The predicted octanol–water partition coefficient (Wildman–Crippen LogP) is 2.18. The van der Waals surface area contributed by atoms with Crippen molar-refractivity contribution in [2.45, 2.75) is 18.9 Å². The Kier molecular flexibility index (Phi) is 3.06. The fourth-order valence-corrected chi connectivity index (χ4v) is 1.69. The zero-order valence-electron chi connectivity index (χ0n) is 8.82. The summed E-state index contributed by atoms with van der Waals surface area (Å²) < 4.78 is 50.4. The Morgan fingerprint density at radius 3 is 1.72 bits per heavy atom. The van der Waals surface area contributed by atoms with Gasteiger partial charge in [0.05, 0.1) is 11.1 Å². The first-order valence-electron chi connectivity index (χ1n) is 4.98. The van der Waals surface area contributed by atoms with Crippen molar-refractivity contribution < 1.29 is 27.2 Å². The molecule has 0 saturated heterocycles. The SMILES string of the molecule is O=C1c2ccccc2C(=O)N1C(F)C(F)C(F)F. The number of fused-ring (bicyclic) bond motifs is 1. The van der Waals surface area contributed by atoms with E-state index in [4.69, 9.17) is 0 Å². The highest BCUT2D eigenvalue weighted by atomic mass is 19.3. The molecule has 2 amide bonds. The van der Waals surface area contributed by atoms with Gasteiger partial charge in [-0.15, -0.1) is 0 Å². The van der Waals surface area contributed by atoms with Gasteiger partial charge in [-0.05, 0) is 12.1 Å². The second kappa shape index (κ2) is 4.40. The Balaban J connectivity index is 2.34. The average Bonchev–Trinajstić information content (AvgIpc) is 2.61. The van der Waals surface area contributed by atoms with Crippen molar-refractivity contribution in [2.75, 3.05) is 0 Å². The first-order valence-corrected chi connectivity index (χ1v) is 4.98. The quantitative estimate of drug-likeness (QED) is 0.475. The summed E-state index contributed by atoms with van der Waals surface area (Å²) in [5, 5.41) is 0. The van der Waals surface area contributed by atoms with Crippen LogP contribution < -0.4 is 0 Å². The Morgan fingerprint density at radius 2 is 1.33 bits per heavy atom. The van der Waals surface area contributed by atoms with E-state index >= 15 is 0 Å². The molecule has 1 heterocycles. The summed E-state index contributed by atoms with van der Waals surface area (Å²) in [5.41, 5.74) is -0.238. The van der Waals surface area contributed by atoms with E-state index in [1.165, 1.54) is 24.3 Å². The van der Waals surface area contributed by atoms with Gasteiger partial charge in [0, 0.05) is 0 Å². The molecule has 18 heavy (non-hydrogen) atoms. The van der Waals surface area contributed by atoms with E-state index < -0.39 is 30.7 Å². The third kappa shape index (κ3) is 1.75. The summed E-state index contributed by atoms with van der Waals surface area (Å²) in [5.74, 6) is -2.21. The van der Waals surface area contributed by atoms with Gasteiger partial charge in [0.1, 0.15) is 0 Å². The number of nitrogens with zero attached hydrogens (tertiary/aromatic N) is 1. The summed E-state index contributed by atoms with van der Waals surface area (Å²) in [6, 6.07) is 5.36. The van der Waals surface area contributed by atoms with Crippen LogP contribution in [0.3, 0.4) is 0 Å². The predicted molar refractivity (Wildman–Crippen MR) is 52.7 cm³/mol. The van der Waals surface area contributed by atoms with Crippen molar-refractivity contribution in [3.05, 3.63) is 35.4 Å². The van der Waals surface area contributed by atoms with E-state index in [2.05, 4.69) is 0 Å². The van der Waals surface area contributed by atoms with Crippen molar-refractivity contribution in [1.82, 2.24) is 4.90 Å². The minimum Gasteiger partial charge on any atom is -0.268 e. The minimum absolute atomic E-state index is 0.110. The fraction of sp³-hybridized carbons (Fsp3) is 0.273. The summed E-state index contributed by atoms with van der Waals surface area (Å²) in [6.45, 7) is 0. The highest BCUT2D eigenvalue weighted by Crippen LogP contribution is 2.28. The van der Waals surface area contributed by atoms with Crippen molar-refractivity contribution >= 4 is 11.8 Å². The molecule has 1 aromatic carbocycles. The lowest BCUT2D eigenvalue weighted by Crippen LogP contribution is -2.45. The molecular formula is C11H7F4NO2. The molecule has 1 aliphatic heterocycles. The van der Waals surface area contributed by atoms with Crippen molar-refractivity contribution in [1.29, 1.82) is 0 Å². The summed E-state index contributed by atoms with van der Waals surface area (Å²) >= 11 is 0. The van der Waals surface area contributed by atoms with Crippen LogP contribution in [-0.2, 0) is 0 Å². The molecule has 1 aromatic rings. The maximum Gasteiger partial charge on any atom is 0.274 e. The maximum absolute atomic E-state index is 13.4. The highest BCUT2D eigenvalue weighted by Gasteiger charge is 2.45. The fourth-order valence-electron chi connectivity index (χ4n) is 1.69. The topological polar surface area (TPSA) is 37.4 Å². The molecule has 2 atom stereocenters.